The Morgan fingerprint density at radius 2 is 1.77 bits per heavy atom. The predicted molar refractivity (Wildman–Crippen MR) is 83.8 cm³/mol. The second kappa shape index (κ2) is 8.07. The zero-order valence-electron chi connectivity index (χ0n) is 12.6. The number of nitrogens with zero attached hydrogens (tertiary/aromatic N) is 3. The van der Waals surface area contributed by atoms with Gasteiger partial charge in [0.2, 0.25) is 0 Å². The molecule has 0 saturated carbocycles. The summed E-state index contributed by atoms with van der Waals surface area (Å²) in [6.45, 7) is 2.90. The molecule has 0 saturated heterocycles. The van der Waals surface area contributed by atoms with Gasteiger partial charge in [0.1, 0.15) is 18.1 Å². The van der Waals surface area contributed by atoms with Gasteiger partial charge in [-0.3, -0.25) is 10.1 Å². The first-order valence-electron chi connectivity index (χ1n) is 7.40. The summed E-state index contributed by atoms with van der Waals surface area (Å²) in [5.74, 6) is 1.27. The highest BCUT2D eigenvalue weighted by Gasteiger charge is 2.08. The molecule has 2 aromatic rings. The van der Waals surface area contributed by atoms with E-state index < -0.39 is 4.92 Å². The smallest absolute Gasteiger partial charge is 0.305 e. The standard InChI is InChI=1S/C16H19N3O3/c1-2-3-4-5-10-22-15-8-6-13(7-9-15)16-17-11-14(12-18-16)19(20)21/h6-9,11-12H,2-5,10H2,1H3. The molecule has 116 valence electrons. The molecule has 6 heteroatoms. The van der Waals surface area contributed by atoms with Gasteiger partial charge < -0.3 is 4.74 Å². The molecule has 0 aliphatic heterocycles. The quantitative estimate of drug-likeness (QED) is 0.418. The van der Waals surface area contributed by atoms with Crippen molar-refractivity contribution in [1.82, 2.24) is 9.97 Å². The van der Waals surface area contributed by atoms with Gasteiger partial charge >= 0.3 is 5.69 Å². The van der Waals surface area contributed by atoms with Crippen LogP contribution in [0.5, 0.6) is 5.75 Å². The Morgan fingerprint density at radius 1 is 1.09 bits per heavy atom. The van der Waals surface area contributed by atoms with Crippen LogP contribution in [0.25, 0.3) is 11.4 Å². The van der Waals surface area contributed by atoms with Crippen LogP contribution in [0.2, 0.25) is 0 Å². The summed E-state index contributed by atoms with van der Waals surface area (Å²) in [5.41, 5.74) is 0.684. The van der Waals surface area contributed by atoms with Crippen molar-refractivity contribution in [3.05, 3.63) is 46.8 Å². The molecule has 0 N–H and O–H groups in total. The lowest BCUT2D eigenvalue weighted by molar-refractivity contribution is -0.385. The highest BCUT2D eigenvalue weighted by atomic mass is 16.6. The van der Waals surface area contributed by atoms with Crippen molar-refractivity contribution in [1.29, 1.82) is 0 Å². The van der Waals surface area contributed by atoms with Crippen LogP contribution in [0.4, 0.5) is 5.69 Å². The molecule has 0 aliphatic carbocycles. The van der Waals surface area contributed by atoms with Crippen LogP contribution in [-0.4, -0.2) is 21.5 Å². The lowest BCUT2D eigenvalue weighted by Gasteiger charge is -2.06. The number of aromatic nitrogens is 2. The molecule has 0 radical (unpaired) electrons. The maximum absolute atomic E-state index is 10.6. The van der Waals surface area contributed by atoms with Crippen molar-refractivity contribution < 1.29 is 9.66 Å². The van der Waals surface area contributed by atoms with Crippen LogP contribution >= 0.6 is 0 Å². The largest absolute Gasteiger partial charge is 0.494 e. The van der Waals surface area contributed by atoms with Gasteiger partial charge in [-0.05, 0) is 30.7 Å². The van der Waals surface area contributed by atoms with Gasteiger partial charge in [0.15, 0.2) is 5.82 Å². The third kappa shape index (κ3) is 4.51. The fourth-order valence-electron chi connectivity index (χ4n) is 1.98. The zero-order valence-corrected chi connectivity index (χ0v) is 12.6. The first-order chi connectivity index (χ1) is 10.7. The number of hydrogen-bond donors (Lipinski definition) is 0. The van der Waals surface area contributed by atoms with Gasteiger partial charge in [-0.1, -0.05) is 26.2 Å². The molecule has 22 heavy (non-hydrogen) atoms. The first kappa shape index (κ1) is 15.9. The summed E-state index contributed by atoms with van der Waals surface area (Å²) < 4.78 is 5.66. The minimum Gasteiger partial charge on any atom is -0.494 e. The summed E-state index contributed by atoms with van der Waals surface area (Å²) >= 11 is 0. The molecule has 1 aromatic heterocycles. The molecule has 0 spiro atoms. The van der Waals surface area contributed by atoms with E-state index in [2.05, 4.69) is 16.9 Å². The molecule has 0 amide bonds. The Hall–Kier alpha value is -2.50. The zero-order chi connectivity index (χ0) is 15.8. The number of ether oxygens (including phenoxy) is 1. The summed E-state index contributed by atoms with van der Waals surface area (Å²) in [6.07, 6.45) is 7.11. The van der Waals surface area contributed by atoms with E-state index in [1.165, 1.54) is 31.7 Å². The lowest BCUT2D eigenvalue weighted by atomic mass is 10.2. The summed E-state index contributed by atoms with van der Waals surface area (Å²) in [6, 6.07) is 7.42. The molecule has 0 fully saturated rings. The van der Waals surface area contributed by atoms with Crippen LogP contribution in [0.3, 0.4) is 0 Å². The summed E-state index contributed by atoms with van der Waals surface area (Å²) in [5, 5.41) is 10.6. The average molecular weight is 301 g/mol. The number of unbranched alkanes of at least 4 members (excludes halogenated alkanes) is 3. The molecular formula is C16H19N3O3. The van der Waals surface area contributed by atoms with Crippen molar-refractivity contribution in [2.45, 2.75) is 32.6 Å². The first-order valence-corrected chi connectivity index (χ1v) is 7.40. The molecule has 1 heterocycles. The van der Waals surface area contributed by atoms with Gasteiger partial charge in [0.25, 0.3) is 0 Å². The van der Waals surface area contributed by atoms with E-state index in [1.54, 1.807) is 0 Å². The molecule has 2 rings (SSSR count). The number of nitro groups is 1. The molecule has 0 unspecified atom stereocenters. The Labute approximate surface area is 129 Å². The van der Waals surface area contributed by atoms with Crippen LogP contribution in [-0.2, 0) is 0 Å². The number of rotatable bonds is 8. The SMILES string of the molecule is CCCCCCOc1ccc(-c2ncc([N+](=O)[O-])cn2)cc1. The van der Waals surface area contributed by atoms with Crippen LogP contribution in [0.15, 0.2) is 36.7 Å². The molecule has 1 aromatic carbocycles. The van der Waals surface area contributed by atoms with Crippen molar-refractivity contribution in [2.75, 3.05) is 6.61 Å². The topological polar surface area (TPSA) is 78.2 Å². The molecule has 0 aliphatic rings. The van der Waals surface area contributed by atoms with Crippen molar-refractivity contribution in [3.63, 3.8) is 0 Å². The summed E-state index contributed by atoms with van der Waals surface area (Å²) in [4.78, 5) is 18.1. The van der Waals surface area contributed by atoms with Crippen molar-refractivity contribution >= 4 is 5.69 Å². The van der Waals surface area contributed by atoms with E-state index in [0.717, 1.165) is 17.7 Å². The Morgan fingerprint density at radius 3 is 2.36 bits per heavy atom. The van der Waals surface area contributed by atoms with Gasteiger partial charge in [-0.25, -0.2) is 9.97 Å². The third-order valence-electron chi connectivity index (χ3n) is 3.23. The predicted octanol–water partition coefficient (Wildman–Crippen LogP) is 4.01. The average Bonchev–Trinajstić information content (AvgIpc) is 2.55. The third-order valence-corrected chi connectivity index (χ3v) is 3.23. The van der Waals surface area contributed by atoms with Crippen LogP contribution in [0, 0.1) is 10.1 Å². The van der Waals surface area contributed by atoms with E-state index in [4.69, 9.17) is 4.74 Å². The molecular weight excluding hydrogens is 282 g/mol. The van der Waals surface area contributed by atoms with Gasteiger partial charge in [0.05, 0.1) is 11.5 Å². The molecule has 0 bridgehead atoms. The lowest BCUT2D eigenvalue weighted by Crippen LogP contribution is -1.97. The maximum Gasteiger partial charge on any atom is 0.305 e. The number of hydrogen-bond acceptors (Lipinski definition) is 5. The minimum absolute atomic E-state index is 0.115. The minimum atomic E-state index is -0.515. The van der Waals surface area contributed by atoms with Gasteiger partial charge in [-0.15, -0.1) is 0 Å². The highest BCUT2D eigenvalue weighted by Crippen LogP contribution is 2.20. The molecule has 0 atom stereocenters. The fraction of sp³-hybridized carbons (Fsp3) is 0.375. The van der Waals surface area contributed by atoms with E-state index in [9.17, 15) is 10.1 Å². The summed E-state index contributed by atoms with van der Waals surface area (Å²) in [7, 11) is 0. The monoisotopic (exact) mass is 301 g/mol. The maximum atomic E-state index is 10.6. The Balaban J connectivity index is 1.92. The Kier molecular flexibility index (Phi) is 5.82. The van der Waals surface area contributed by atoms with Gasteiger partial charge in [-0.2, -0.15) is 0 Å². The molecule has 6 nitrogen and oxygen atoms in total. The van der Waals surface area contributed by atoms with E-state index in [-0.39, 0.29) is 5.69 Å². The highest BCUT2D eigenvalue weighted by molar-refractivity contribution is 5.56. The Bertz CT molecular complexity index is 597. The second-order valence-corrected chi connectivity index (χ2v) is 4.96. The van der Waals surface area contributed by atoms with E-state index in [0.29, 0.717) is 12.4 Å². The normalized spacial score (nSPS) is 10.4. The van der Waals surface area contributed by atoms with E-state index in [1.807, 2.05) is 24.3 Å². The van der Waals surface area contributed by atoms with Crippen molar-refractivity contribution in [2.24, 2.45) is 0 Å². The van der Waals surface area contributed by atoms with Crippen LogP contribution in [0.1, 0.15) is 32.6 Å². The van der Waals surface area contributed by atoms with Gasteiger partial charge in [0, 0.05) is 5.56 Å². The van der Waals surface area contributed by atoms with Crippen LogP contribution < -0.4 is 4.74 Å². The van der Waals surface area contributed by atoms with Crippen molar-refractivity contribution in [3.8, 4) is 17.1 Å². The number of benzene rings is 1. The van der Waals surface area contributed by atoms with E-state index >= 15 is 0 Å². The fourth-order valence-corrected chi connectivity index (χ4v) is 1.98. The second-order valence-electron chi connectivity index (χ2n) is 4.96.